The van der Waals surface area contributed by atoms with E-state index in [-0.39, 0.29) is 0 Å². The van der Waals surface area contributed by atoms with E-state index in [1.807, 2.05) is 24.3 Å². The Labute approximate surface area is 161 Å². The van der Waals surface area contributed by atoms with Gasteiger partial charge in [-0.3, -0.25) is 5.01 Å². The lowest BCUT2D eigenvalue weighted by molar-refractivity contribution is 0.241. The van der Waals surface area contributed by atoms with Crippen LogP contribution in [0.2, 0.25) is 0 Å². The fraction of sp³-hybridized carbons (Fsp3) is 0.348. The average Bonchev–Trinajstić information content (AvgIpc) is 3.05. The van der Waals surface area contributed by atoms with E-state index >= 15 is 0 Å². The van der Waals surface area contributed by atoms with Gasteiger partial charge in [0.2, 0.25) is 0 Å². The molecule has 2 aliphatic rings. The number of hydrazone groups is 1. The van der Waals surface area contributed by atoms with Crippen LogP contribution in [0.15, 0.2) is 59.2 Å². The first-order valence-corrected chi connectivity index (χ1v) is 9.50. The van der Waals surface area contributed by atoms with Crippen molar-refractivity contribution in [3.63, 3.8) is 0 Å². The van der Waals surface area contributed by atoms with Gasteiger partial charge in [0, 0.05) is 13.0 Å². The van der Waals surface area contributed by atoms with Crippen molar-refractivity contribution in [1.29, 1.82) is 0 Å². The van der Waals surface area contributed by atoms with Crippen LogP contribution in [0.3, 0.4) is 0 Å². The second kappa shape index (κ2) is 7.47. The highest BCUT2D eigenvalue weighted by Crippen LogP contribution is 2.43. The molecular weight excluding hydrogens is 336 g/mol. The topological polar surface area (TPSA) is 34.1 Å². The van der Waals surface area contributed by atoms with Gasteiger partial charge in [0.25, 0.3) is 0 Å². The number of fused-ring (bicyclic) bond motifs is 1. The molecule has 27 heavy (non-hydrogen) atoms. The number of allylic oxidation sites excluding steroid dienone is 1. The molecular formula is C23H26N2O2. The zero-order valence-electron chi connectivity index (χ0n) is 16.2. The summed E-state index contributed by atoms with van der Waals surface area (Å²) in [5.74, 6) is 2.22. The third kappa shape index (κ3) is 3.44. The number of rotatable bonds is 4. The van der Waals surface area contributed by atoms with Crippen molar-refractivity contribution in [2.75, 3.05) is 21.3 Å². The Balaban J connectivity index is 1.61. The average molecular weight is 362 g/mol. The molecule has 1 aliphatic carbocycles. The Morgan fingerprint density at radius 1 is 0.963 bits per heavy atom. The minimum atomic E-state index is 0.297. The molecule has 0 aromatic heterocycles. The molecule has 4 rings (SSSR count). The summed E-state index contributed by atoms with van der Waals surface area (Å²) in [5, 5.41) is 7.08. The number of methoxy groups -OCH3 is 2. The smallest absolute Gasteiger partial charge is 0.118 e. The van der Waals surface area contributed by atoms with Crippen molar-refractivity contribution in [3.05, 3.63) is 65.2 Å². The minimum absolute atomic E-state index is 0.297. The third-order valence-electron chi connectivity index (χ3n) is 5.60. The molecule has 4 heteroatoms. The molecule has 2 aromatic rings. The molecule has 2 aromatic carbocycles. The Morgan fingerprint density at radius 3 is 2.22 bits per heavy atom. The summed E-state index contributed by atoms with van der Waals surface area (Å²) in [6, 6.07) is 16.9. The summed E-state index contributed by atoms with van der Waals surface area (Å²) in [6.07, 6.45) is 5.76. The van der Waals surface area contributed by atoms with Gasteiger partial charge < -0.3 is 9.47 Å². The predicted octanol–water partition coefficient (Wildman–Crippen LogP) is 4.93. The molecule has 0 N–H and O–H groups in total. The molecule has 1 aliphatic heterocycles. The molecule has 4 nitrogen and oxygen atoms in total. The van der Waals surface area contributed by atoms with E-state index in [4.69, 9.17) is 14.6 Å². The van der Waals surface area contributed by atoms with E-state index < -0.39 is 0 Å². The number of hydrogen-bond acceptors (Lipinski definition) is 4. The van der Waals surface area contributed by atoms with Gasteiger partial charge >= 0.3 is 0 Å². The van der Waals surface area contributed by atoms with Crippen LogP contribution < -0.4 is 9.47 Å². The quantitative estimate of drug-likeness (QED) is 0.773. The van der Waals surface area contributed by atoms with Crippen LogP contribution in [0.5, 0.6) is 11.5 Å². The molecule has 2 atom stereocenters. The van der Waals surface area contributed by atoms with Gasteiger partial charge in [-0.15, -0.1) is 0 Å². The lowest BCUT2D eigenvalue weighted by Gasteiger charge is -2.29. The van der Waals surface area contributed by atoms with Crippen LogP contribution in [0.1, 0.15) is 36.4 Å². The minimum Gasteiger partial charge on any atom is -0.497 e. The molecule has 0 unspecified atom stereocenters. The highest BCUT2D eigenvalue weighted by Gasteiger charge is 2.39. The Kier molecular flexibility index (Phi) is 4.88. The van der Waals surface area contributed by atoms with Gasteiger partial charge in [-0.05, 0) is 66.3 Å². The number of nitrogens with zero attached hydrogens (tertiary/aromatic N) is 2. The molecule has 140 valence electrons. The zero-order chi connectivity index (χ0) is 18.8. The number of hydrogen-bond donors (Lipinski definition) is 0. The Hall–Kier alpha value is -2.75. The van der Waals surface area contributed by atoms with Gasteiger partial charge in [-0.25, -0.2) is 0 Å². The van der Waals surface area contributed by atoms with Crippen LogP contribution in [0, 0.1) is 5.92 Å². The highest BCUT2D eigenvalue weighted by molar-refractivity contribution is 6.07. The predicted molar refractivity (Wildman–Crippen MR) is 109 cm³/mol. The molecule has 1 saturated carbocycles. The highest BCUT2D eigenvalue weighted by atomic mass is 16.5. The molecule has 0 saturated heterocycles. The first kappa shape index (κ1) is 17.7. The van der Waals surface area contributed by atoms with Crippen molar-refractivity contribution >= 4 is 11.8 Å². The first-order valence-electron chi connectivity index (χ1n) is 9.50. The van der Waals surface area contributed by atoms with Crippen LogP contribution in [-0.2, 0) is 0 Å². The van der Waals surface area contributed by atoms with Crippen molar-refractivity contribution in [1.82, 2.24) is 5.01 Å². The SMILES string of the molecule is COc1ccc(/C=C2/CCC[C@@H]3C2=NN(C)[C@H]3c2ccc(OC)cc2)cc1. The van der Waals surface area contributed by atoms with Crippen molar-refractivity contribution in [2.24, 2.45) is 11.0 Å². The van der Waals surface area contributed by atoms with Crippen molar-refractivity contribution in [2.45, 2.75) is 25.3 Å². The largest absolute Gasteiger partial charge is 0.497 e. The summed E-state index contributed by atoms with van der Waals surface area (Å²) in [5.41, 5.74) is 5.11. The van der Waals surface area contributed by atoms with Gasteiger partial charge in [-0.2, -0.15) is 5.10 Å². The van der Waals surface area contributed by atoms with Crippen LogP contribution >= 0.6 is 0 Å². The normalized spacial score (nSPS) is 23.1. The Morgan fingerprint density at radius 2 is 1.59 bits per heavy atom. The Bertz CT molecular complexity index is 853. The molecule has 0 amide bonds. The van der Waals surface area contributed by atoms with Gasteiger partial charge in [0.15, 0.2) is 0 Å². The van der Waals surface area contributed by atoms with Crippen LogP contribution in [-0.4, -0.2) is 32.0 Å². The maximum atomic E-state index is 5.30. The van der Waals surface area contributed by atoms with Crippen molar-refractivity contribution in [3.8, 4) is 11.5 Å². The monoisotopic (exact) mass is 362 g/mol. The fourth-order valence-electron chi connectivity index (χ4n) is 4.25. The standard InChI is InChI=1S/C23H26N2O2/c1-25-23(17-9-13-20(27-3)14-10-17)21-6-4-5-18(22(21)24-25)15-16-7-11-19(26-2)12-8-16/h7-15,21,23H,4-6H2,1-3H3/b18-15-/t21-,23+/m1/s1. The van der Waals surface area contributed by atoms with Crippen LogP contribution in [0.4, 0.5) is 0 Å². The van der Waals surface area contributed by atoms with Gasteiger partial charge in [-0.1, -0.05) is 24.3 Å². The lowest BCUT2D eigenvalue weighted by atomic mass is 9.77. The van der Waals surface area contributed by atoms with E-state index in [2.05, 4.69) is 42.4 Å². The van der Waals surface area contributed by atoms with Gasteiger partial charge in [0.05, 0.1) is 26.0 Å². The second-order valence-corrected chi connectivity index (χ2v) is 7.22. The summed E-state index contributed by atoms with van der Waals surface area (Å²) in [4.78, 5) is 0. The maximum absolute atomic E-state index is 5.30. The summed E-state index contributed by atoms with van der Waals surface area (Å²) in [6.45, 7) is 0. The van der Waals surface area contributed by atoms with E-state index in [0.717, 1.165) is 17.9 Å². The van der Waals surface area contributed by atoms with Gasteiger partial charge in [0.1, 0.15) is 11.5 Å². The molecule has 1 heterocycles. The number of benzene rings is 2. The van der Waals surface area contributed by atoms with E-state index in [9.17, 15) is 0 Å². The molecule has 1 fully saturated rings. The summed E-state index contributed by atoms with van der Waals surface area (Å²) < 4.78 is 10.6. The number of ether oxygens (including phenoxy) is 2. The molecule has 0 bridgehead atoms. The van der Waals surface area contributed by atoms with Crippen molar-refractivity contribution < 1.29 is 9.47 Å². The maximum Gasteiger partial charge on any atom is 0.118 e. The molecule has 0 radical (unpaired) electrons. The van der Waals surface area contributed by atoms with Crippen LogP contribution in [0.25, 0.3) is 6.08 Å². The van der Waals surface area contributed by atoms with E-state index in [1.165, 1.54) is 35.3 Å². The fourth-order valence-corrected chi connectivity index (χ4v) is 4.25. The summed E-state index contributed by atoms with van der Waals surface area (Å²) >= 11 is 0. The lowest BCUT2D eigenvalue weighted by Crippen LogP contribution is -2.26. The van der Waals surface area contributed by atoms with E-state index in [0.29, 0.717) is 12.0 Å². The van der Waals surface area contributed by atoms with E-state index in [1.54, 1.807) is 14.2 Å². The summed E-state index contributed by atoms with van der Waals surface area (Å²) in [7, 11) is 5.49. The zero-order valence-corrected chi connectivity index (χ0v) is 16.2. The first-order chi connectivity index (χ1) is 13.2. The molecule has 0 spiro atoms. The third-order valence-corrected chi connectivity index (χ3v) is 5.60. The second-order valence-electron chi connectivity index (χ2n) is 7.22.